The minimum Gasteiger partial charge on any atom is -0.497 e. The number of amides is 1. The second kappa shape index (κ2) is 9.63. The van der Waals surface area contributed by atoms with Crippen LogP contribution in [0.25, 0.3) is 0 Å². The van der Waals surface area contributed by atoms with Gasteiger partial charge in [0.05, 0.1) is 17.7 Å². The molecule has 7 nitrogen and oxygen atoms in total. The van der Waals surface area contributed by atoms with E-state index in [0.717, 1.165) is 5.82 Å². The summed E-state index contributed by atoms with van der Waals surface area (Å²) in [4.78, 5) is 25.6. The van der Waals surface area contributed by atoms with Crippen molar-refractivity contribution in [3.05, 3.63) is 70.5 Å². The number of hydrogen-bond acceptors (Lipinski definition) is 6. The number of hydrogen-bond donors (Lipinski definition) is 0. The summed E-state index contributed by atoms with van der Waals surface area (Å²) < 4.78 is 11.1. The number of anilines is 1. The molecule has 1 unspecified atom stereocenters. The lowest BCUT2D eigenvalue weighted by atomic mass is 10.1. The fourth-order valence-electron chi connectivity index (χ4n) is 3.63. The highest BCUT2D eigenvalue weighted by Crippen LogP contribution is 2.28. The van der Waals surface area contributed by atoms with Crippen LogP contribution in [0.2, 0.25) is 10.0 Å². The van der Waals surface area contributed by atoms with Gasteiger partial charge < -0.3 is 19.3 Å². The van der Waals surface area contributed by atoms with Crippen molar-refractivity contribution in [2.24, 2.45) is 0 Å². The summed E-state index contributed by atoms with van der Waals surface area (Å²) in [5.41, 5.74) is 0.451. The van der Waals surface area contributed by atoms with Crippen LogP contribution in [-0.2, 0) is 0 Å². The number of piperazine rings is 1. The average Bonchev–Trinajstić information content (AvgIpc) is 2.79. The molecule has 0 bridgehead atoms. The van der Waals surface area contributed by atoms with Gasteiger partial charge in [-0.3, -0.25) is 4.79 Å². The number of ether oxygens (including phenoxy) is 2. The van der Waals surface area contributed by atoms with Gasteiger partial charge >= 0.3 is 0 Å². The molecular formula is C23H22Cl2N4O3. The Hall–Kier alpha value is -3.03. The first-order valence-electron chi connectivity index (χ1n) is 10.1. The lowest BCUT2D eigenvalue weighted by Gasteiger charge is -2.40. The van der Waals surface area contributed by atoms with Gasteiger partial charge in [0, 0.05) is 42.8 Å². The zero-order valence-corrected chi connectivity index (χ0v) is 19.2. The van der Waals surface area contributed by atoms with E-state index in [2.05, 4.69) is 14.9 Å². The number of carbonyl (C=O) groups excluding carboxylic acids is 1. The standard InChI is InChI=1S/C23H22Cl2N4O3/c1-15-13-28(8-9-29(15)23(30)19-7-6-16(24)10-20(19)25)21-12-22(27-14-26-21)32-18-5-3-4-17(11-18)31-2/h3-7,10-12,14-15H,8-9,13H2,1-2H3. The van der Waals surface area contributed by atoms with Gasteiger partial charge in [0.2, 0.25) is 5.88 Å². The van der Waals surface area contributed by atoms with E-state index in [1.54, 1.807) is 37.4 Å². The van der Waals surface area contributed by atoms with Gasteiger partial charge in [-0.25, -0.2) is 9.97 Å². The van der Waals surface area contributed by atoms with Crippen LogP contribution < -0.4 is 14.4 Å². The van der Waals surface area contributed by atoms with Gasteiger partial charge in [0.15, 0.2) is 0 Å². The highest BCUT2D eigenvalue weighted by Gasteiger charge is 2.30. The van der Waals surface area contributed by atoms with Crippen molar-refractivity contribution in [3.63, 3.8) is 0 Å². The minimum absolute atomic E-state index is 0.0410. The monoisotopic (exact) mass is 472 g/mol. The Bertz CT molecular complexity index is 1130. The summed E-state index contributed by atoms with van der Waals surface area (Å²) in [6, 6.07) is 14.0. The Morgan fingerprint density at radius 1 is 1.06 bits per heavy atom. The normalized spacial score (nSPS) is 16.1. The molecule has 0 radical (unpaired) electrons. The van der Waals surface area contributed by atoms with E-state index in [9.17, 15) is 4.79 Å². The molecule has 32 heavy (non-hydrogen) atoms. The molecule has 0 spiro atoms. The first-order chi connectivity index (χ1) is 15.4. The zero-order chi connectivity index (χ0) is 22.7. The third-order valence-electron chi connectivity index (χ3n) is 5.27. The minimum atomic E-state index is -0.108. The van der Waals surface area contributed by atoms with Crippen LogP contribution in [0.1, 0.15) is 17.3 Å². The number of aromatic nitrogens is 2. The average molecular weight is 473 g/mol. The molecule has 1 saturated heterocycles. The lowest BCUT2D eigenvalue weighted by Crippen LogP contribution is -2.54. The van der Waals surface area contributed by atoms with E-state index in [4.69, 9.17) is 32.7 Å². The molecule has 1 aliphatic rings. The van der Waals surface area contributed by atoms with Crippen molar-refractivity contribution in [3.8, 4) is 17.4 Å². The molecule has 1 atom stereocenters. The van der Waals surface area contributed by atoms with Crippen molar-refractivity contribution >= 4 is 34.9 Å². The summed E-state index contributed by atoms with van der Waals surface area (Å²) in [6.45, 7) is 3.78. The molecule has 166 valence electrons. The molecule has 9 heteroatoms. The first kappa shape index (κ1) is 22.2. The maximum atomic E-state index is 13.0. The number of halogens is 2. The van der Waals surface area contributed by atoms with Crippen LogP contribution in [0.15, 0.2) is 54.9 Å². The molecule has 0 N–H and O–H groups in total. The predicted molar refractivity (Wildman–Crippen MR) is 124 cm³/mol. The number of methoxy groups -OCH3 is 1. The van der Waals surface area contributed by atoms with Gasteiger partial charge in [0.1, 0.15) is 23.6 Å². The summed E-state index contributed by atoms with van der Waals surface area (Å²) in [6.07, 6.45) is 1.47. The largest absolute Gasteiger partial charge is 0.497 e. The predicted octanol–water partition coefficient (Wildman–Crippen LogP) is 4.94. The number of carbonyl (C=O) groups is 1. The first-order valence-corrected chi connectivity index (χ1v) is 10.8. The molecule has 2 aromatic carbocycles. The van der Waals surface area contributed by atoms with Gasteiger partial charge in [-0.2, -0.15) is 0 Å². The number of benzene rings is 2. The highest BCUT2D eigenvalue weighted by molar-refractivity contribution is 6.36. The summed E-state index contributed by atoms with van der Waals surface area (Å²) in [5, 5.41) is 0.854. The molecular weight excluding hydrogens is 451 g/mol. The molecule has 3 aromatic rings. The van der Waals surface area contributed by atoms with E-state index in [1.807, 2.05) is 30.0 Å². The fourth-order valence-corrected chi connectivity index (χ4v) is 4.12. The van der Waals surface area contributed by atoms with E-state index in [0.29, 0.717) is 52.6 Å². The van der Waals surface area contributed by atoms with E-state index < -0.39 is 0 Å². The second-order valence-corrected chi connectivity index (χ2v) is 8.26. The number of nitrogens with zero attached hydrogens (tertiary/aromatic N) is 4. The number of rotatable bonds is 5. The Morgan fingerprint density at radius 3 is 2.62 bits per heavy atom. The summed E-state index contributed by atoms with van der Waals surface area (Å²) >= 11 is 12.2. The third-order valence-corrected chi connectivity index (χ3v) is 5.81. The van der Waals surface area contributed by atoms with Crippen LogP contribution in [0.3, 0.4) is 0 Å². The molecule has 0 saturated carbocycles. The molecule has 0 aliphatic carbocycles. The third kappa shape index (κ3) is 4.89. The van der Waals surface area contributed by atoms with Crippen molar-refractivity contribution in [1.29, 1.82) is 0 Å². The Morgan fingerprint density at radius 2 is 1.88 bits per heavy atom. The molecule has 1 amide bonds. The quantitative estimate of drug-likeness (QED) is 0.523. The molecule has 1 aliphatic heterocycles. The Labute approximate surface area is 196 Å². The maximum absolute atomic E-state index is 13.0. The topological polar surface area (TPSA) is 67.8 Å². The molecule has 1 fully saturated rings. The van der Waals surface area contributed by atoms with Gasteiger partial charge in [-0.1, -0.05) is 29.3 Å². The van der Waals surface area contributed by atoms with E-state index >= 15 is 0 Å². The Kier molecular flexibility index (Phi) is 6.67. The van der Waals surface area contributed by atoms with E-state index in [-0.39, 0.29) is 11.9 Å². The SMILES string of the molecule is COc1cccc(Oc2cc(N3CCN(C(=O)c4ccc(Cl)cc4Cl)C(C)C3)ncn2)c1. The lowest BCUT2D eigenvalue weighted by molar-refractivity contribution is 0.0674. The van der Waals surface area contributed by atoms with Crippen LogP contribution in [0, 0.1) is 0 Å². The molecule has 2 heterocycles. The molecule has 4 rings (SSSR count). The van der Waals surface area contributed by atoms with Crippen molar-refractivity contribution in [2.45, 2.75) is 13.0 Å². The smallest absolute Gasteiger partial charge is 0.255 e. The van der Waals surface area contributed by atoms with Gasteiger partial charge in [-0.05, 0) is 37.3 Å². The second-order valence-electron chi connectivity index (χ2n) is 7.41. The zero-order valence-electron chi connectivity index (χ0n) is 17.7. The van der Waals surface area contributed by atoms with Crippen LogP contribution in [0.5, 0.6) is 17.4 Å². The van der Waals surface area contributed by atoms with Crippen LogP contribution in [-0.4, -0.2) is 53.6 Å². The summed E-state index contributed by atoms with van der Waals surface area (Å²) in [7, 11) is 1.61. The van der Waals surface area contributed by atoms with Crippen molar-refractivity contribution in [2.75, 3.05) is 31.6 Å². The van der Waals surface area contributed by atoms with Crippen LogP contribution >= 0.6 is 23.2 Å². The van der Waals surface area contributed by atoms with Crippen molar-refractivity contribution < 1.29 is 14.3 Å². The van der Waals surface area contributed by atoms with Gasteiger partial charge in [0.25, 0.3) is 5.91 Å². The Balaban J connectivity index is 1.45. The maximum Gasteiger partial charge on any atom is 0.255 e. The van der Waals surface area contributed by atoms with Crippen LogP contribution in [0.4, 0.5) is 5.82 Å². The fraction of sp³-hybridized carbons (Fsp3) is 0.261. The van der Waals surface area contributed by atoms with E-state index in [1.165, 1.54) is 6.33 Å². The molecule has 1 aromatic heterocycles. The summed E-state index contributed by atoms with van der Waals surface area (Å²) in [5.74, 6) is 2.39. The van der Waals surface area contributed by atoms with Crippen molar-refractivity contribution in [1.82, 2.24) is 14.9 Å². The highest BCUT2D eigenvalue weighted by atomic mass is 35.5. The van der Waals surface area contributed by atoms with Gasteiger partial charge in [-0.15, -0.1) is 0 Å².